The van der Waals surface area contributed by atoms with E-state index >= 15 is 0 Å². The van der Waals surface area contributed by atoms with Crippen LogP contribution in [0.15, 0.2) is 55.0 Å². The van der Waals surface area contributed by atoms with E-state index in [1.807, 2.05) is 37.6 Å². The molecule has 122 valence electrons. The van der Waals surface area contributed by atoms with E-state index < -0.39 is 0 Å². The zero-order chi connectivity index (χ0) is 16.9. The molecule has 1 unspecified atom stereocenters. The minimum absolute atomic E-state index is 0.0215. The molecule has 2 heterocycles. The summed E-state index contributed by atoms with van der Waals surface area (Å²) >= 11 is 0. The van der Waals surface area contributed by atoms with Crippen LogP contribution in [0.3, 0.4) is 0 Å². The fourth-order valence-electron chi connectivity index (χ4n) is 2.69. The molecule has 0 radical (unpaired) electrons. The summed E-state index contributed by atoms with van der Waals surface area (Å²) in [4.78, 5) is 13.1. The molecular weight excluding hydrogens is 296 g/mol. The molecule has 4 heteroatoms. The van der Waals surface area contributed by atoms with Gasteiger partial charge in [-0.05, 0) is 43.5 Å². The highest BCUT2D eigenvalue weighted by molar-refractivity contribution is 5.49. The van der Waals surface area contributed by atoms with Crippen molar-refractivity contribution >= 4 is 5.82 Å². The second kappa shape index (κ2) is 7.21. The van der Waals surface area contributed by atoms with E-state index in [-0.39, 0.29) is 6.04 Å². The van der Waals surface area contributed by atoms with Crippen molar-refractivity contribution in [3.8, 4) is 0 Å². The molecule has 0 spiro atoms. The first kappa shape index (κ1) is 16.1. The van der Waals surface area contributed by atoms with Crippen LogP contribution in [0.5, 0.6) is 0 Å². The number of pyridine rings is 1. The first-order chi connectivity index (χ1) is 11.7. The molecule has 3 rings (SSSR count). The number of hydrogen-bond acceptors (Lipinski definition) is 4. The molecule has 0 fully saturated rings. The average molecular weight is 318 g/mol. The van der Waals surface area contributed by atoms with Crippen LogP contribution in [0.2, 0.25) is 0 Å². The summed E-state index contributed by atoms with van der Waals surface area (Å²) in [7, 11) is 0. The molecular formula is C20H22N4. The van der Waals surface area contributed by atoms with E-state index in [0.717, 1.165) is 29.2 Å². The Morgan fingerprint density at radius 3 is 2.29 bits per heavy atom. The lowest BCUT2D eigenvalue weighted by atomic mass is 9.98. The largest absolute Gasteiger partial charge is 0.359 e. The van der Waals surface area contributed by atoms with E-state index in [1.165, 1.54) is 11.1 Å². The molecule has 1 atom stereocenters. The molecule has 3 aromatic rings. The van der Waals surface area contributed by atoms with Crippen molar-refractivity contribution in [3.05, 3.63) is 83.1 Å². The van der Waals surface area contributed by atoms with Crippen molar-refractivity contribution in [1.82, 2.24) is 15.0 Å². The van der Waals surface area contributed by atoms with Crippen LogP contribution in [-0.4, -0.2) is 15.0 Å². The van der Waals surface area contributed by atoms with E-state index in [4.69, 9.17) is 0 Å². The molecule has 24 heavy (non-hydrogen) atoms. The van der Waals surface area contributed by atoms with Crippen LogP contribution in [0.25, 0.3) is 0 Å². The summed E-state index contributed by atoms with van der Waals surface area (Å²) in [6.45, 7) is 6.13. The summed E-state index contributed by atoms with van der Waals surface area (Å²) in [5, 5.41) is 3.61. The summed E-state index contributed by atoms with van der Waals surface area (Å²) in [5.74, 6) is 1.67. The lowest BCUT2D eigenvalue weighted by Gasteiger charge is -2.22. The van der Waals surface area contributed by atoms with Gasteiger partial charge in [0.1, 0.15) is 11.6 Å². The molecule has 4 nitrogen and oxygen atoms in total. The first-order valence-corrected chi connectivity index (χ1v) is 8.23. The standard InChI is InChI=1S/C20H22N4/c1-4-16-13-22-15(3)23-20(16)24-19(18-9-11-21-12-10-18)17-7-5-14(2)6-8-17/h5-13,19H,4H2,1-3H3,(H,22,23,24). The van der Waals surface area contributed by atoms with Gasteiger partial charge in [0.25, 0.3) is 0 Å². The number of rotatable bonds is 5. The van der Waals surface area contributed by atoms with Crippen LogP contribution in [0, 0.1) is 13.8 Å². The summed E-state index contributed by atoms with van der Waals surface area (Å²) in [5.41, 5.74) is 4.73. The molecule has 0 bridgehead atoms. The van der Waals surface area contributed by atoms with E-state index in [0.29, 0.717) is 0 Å². The summed E-state index contributed by atoms with van der Waals surface area (Å²) in [6.07, 6.45) is 6.44. The van der Waals surface area contributed by atoms with Crippen LogP contribution in [0.1, 0.15) is 41.0 Å². The van der Waals surface area contributed by atoms with Gasteiger partial charge in [-0.15, -0.1) is 0 Å². The maximum absolute atomic E-state index is 4.61. The molecule has 1 N–H and O–H groups in total. The number of nitrogens with zero attached hydrogens (tertiary/aromatic N) is 3. The molecule has 1 aromatic carbocycles. The third kappa shape index (κ3) is 3.59. The zero-order valence-corrected chi connectivity index (χ0v) is 14.3. The Labute approximate surface area is 143 Å². The molecule has 0 aliphatic rings. The maximum atomic E-state index is 4.61. The molecule has 0 saturated heterocycles. The van der Waals surface area contributed by atoms with Gasteiger partial charge in [-0.2, -0.15) is 0 Å². The van der Waals surface area contributed by atoms with Gasteiger partial charge in [0.05, 0.1) is 6.04 Å². The van der Waals surface area contributed by atoms with Crippen LogP contribution in [0.4, 0.5) is 5.82 Å². The number of nitrogens with one attached hydrogen (secondary N) is 1. The fourth-order valence-corrected chi connectivity index (χ4v) is 2.69. The van der Waals surface area contributed by atoms with Gasteiger partial charge in [-0.3, -0.25) is 4.98 Å². The highest BCUT2D eigenvalue weighted by Gasteiger charge is 2.16. The van der Waals surface area contributed by atoms with Crippen molar-refractivity contribution in [2.24, 2.45) is 0 Å². The smallest absolute Gasteiger partial charge is 0.133 e. The second-order valence-corrected chi connectivity index (χ2v) is 5.91. The Balaban J connectivity index is 2.02. The van der Waals surface area contributed by atoms with E-state index in [1.54, 1.807) is 0 Å². The number of aryl methyl sites for hydroxylation is 3. The number of aromatic nitrogens is 3. The Morgan fingerprint density at radius 2 is 1.62 bits per heavy atom. The Bertz CT molecular complexity index is 798. The Morgan fingerprint density at radius 1 is 0.958 bits per heavy atom. The van der Waals surface area contributed by atoms with Gasteiger partial charge in [0.2, 0.25) is 0 Å². The van der Waals surface area contributed by atoms with Gasteiger partial charge in [-0.1, -0.05) is 36.8 Å². The third-order valence-electron chi connectivity index (χ3n) is 4.10. The third-order valence-corrected chi connectivity index (χ3v) is 4.10. The maximum Gasteiger partial charge on any atom is 0.133 e. The summed E-state index contributed by atoms with van der Waals surface area (Å²) < 4.78 is 0. The van der Waals surface area contributed by atoms with Crippen molar-refractivity contribution in [2.75, 3.05) is 5.32 Å². The minimum Gasteiger partial charge on any atom is -0.359 e. The SMILES string of the molecule is CCc1cnc(C)nc1NC(c1ccncc1)c1ccc(C)cc1. The van der Waals surface area contributed by atoms with Crippen LogP contribution >= 0.6 is 0 Å². The first-order valence-electron chi connectivity index (χ1n) is 8.23. The topological polar surface area (TPSA) is 50.7 Å². The lowest BCUT2D eigenvalue weighted by Crippen LogP contribution is -2.15. The zero-order valence-electron chi connectivity index (χ0n) is 14.3. The molecule has 0 amide bonds. The molecule has 2 aromatic heterocycles. The predicted octanol–water partition coefficient (Wildman–Crippen LogP) is 4.25. The highest BCUT2D eigenvalue weighted by Crippen LogP contribution is 2.27. The van der Waals surface area contributed by atoms with Crippen molar-refractivity contribution in [3.63, 3.8) is 0 Å². The van der Waals surface area contributed by atoms with E-state index in [9.17, 15) is 0 Å². The highest BCUT2D eigenvalue weighted by atomic mass is 15.1. The van der Waals surface area contributed by atoms with Gasteiger partial charge >= 0.3 is 0 Å². The number of anilines is 1. The summed E-state index contributed by atoms with van der Waals surface area (Å²) in [6, 6.07) is 12.7. The van der Waals surface area contributed by atoms with Gasteiger partial charge < -0.3 is 5.32 Å². The Hall–Kier alpha value is -2.75. The molecule has 0 aliphatic heterocycles. The lowest BCUT2D eigenvalue weighted by molar-refractivity contribution is 0.892. The van der Waals surface area contributed by atoms with E-state index in [2.05, 4.69) is 58.4 Å². The fraction of sp³-hybridized carbons (Fsp3) is 0.250. The average Bonchev–Trinajstić information content (AvgIpc) is 2.61. The Kier molecular flexibility index (Phi) is 4.85. The number of hydrogen-bond donors (Lipinski definition) is 1. The van der Waals surface area contributed by atoms with Crippen molar-refractivity contribution in [1.29, 1.82) is 0 Å². The normalized spacial score (nSPS) is 12.0. The van der Waals surface area contributed by atoms with Crippen molar-refractivity contribution in [2.45, 2.75) is 33.2 Å². The van der Waals surface area contributed by atoms with Gasteiger partial charge in [0.15, 0.2) is 0 Å². The van der Waals surface area contributed by atoms with Crippen LogP contribution < -0.4 is 5.32 Å². The van der Waals surface area contributed by atoms with Gasteiger partial charge in [-0.25, -0.2) is 9.97 Å². The predicted molar refractivity (Wildman–Crippen MR) is 97.0 cm³/mol. The molecule has 0 saturated carbocycles. The quantitative estimate of drug-likeness (QED) is 0.764. The van der Waals surface area contributed by atoms with Crippen molar-refractivity contribution < 1.29 is 0 Å². The van der Waals surface area contributed by atoms with Crippen LogP contribution in [-0.2, 0) is 6.42 Å². The van der Waals surface area contributed by atoms with Gasteiger partial charge in [0, 0.05) is 24.2 Å². The minimum atomic E-state index is 0.0215. The second-order valence-electron chi connectivity index (χ2n) is 5.91. The monoisotopic (exact) mass is 318 g/mol. The molecule has 0 aliphatic carbocycles. The number of benzene rings is 1.